The van der Waals surface area contributed by atoms with E-state index in [9.17, 15) is 14.4 Å². The van der Waals surface area contributed by atoms with Gasteiger partial charge in [-0.3, -0.25) is 4.79 Å². The van der Waals surface area contributed by atoms with Gasteiger partial charge in [-0.15, -0.1) is 22.7 Å². The van der Waals surface area contributed by atoms with Crippen molar-refractivity contribution in [3.05, 3.63) is 58.4 Å². The van der Waals surface area contributed by atoms with Crippen molar-refractivity contribution in [2.75, 3.05) is 18.5 Å². The minimum absolute atomic E-state index is 0.169. The van der Waals surface area contributed by atoms with E-state index in [4.69, 9.17) is 9.47 Å². The van der Waals surface area contributed by atoms with Crippen molar-refractivity contribution in [2.45, 2.75) is 19.8 Å². The van der Waals surface area contributed by atoms with Gasteiger partial charge in [-0.05, 0) is 42.1 Å². The van der Waals surface area contributed by atoms with Crippen LogP contribution in [0.5, 0.6) is 0 Å². The van der Waals surface area contributed by atoms with Crippen molar-refractivity contribution in [3.8, 4) is 9.88 Å². The Hall–Kier alpha value is -3.04. The van der Waals surface area contributed by atoms with Crippen molar-refractivity contribution in [3.63, 3.8) is 0 Å². The number of rotatable bonds is 9. The molecule has 9 heteroatoms. The number of anilines is 1. The van der Waals surface area contributed by atoms with Crippen molar-refractivity contribution in [1.82, 2.24) is 4.98 Å². The molecule has 0 radical (unpaired) electrons. The van der Waals surface area contributed by atoms with Crippen molar-refractivity contribution < 1.29 is 23.9 Å². The number of amides is 1. The lowest BCUT2D eigenvalue weighted by Crippen LogP contribution is -2.21. The van der Waals surface area contributed by atoms with Crippen LogP contribution >= 0.6 is 22.7 Å². The van der Waals surface area contributed by atoms with E-state index in [1.54, 1.807) is 29.6 Å². The van der Waals surface area contributed by atoms with Gasteiger partial charge < -0.3 is 14.8 Å². The summed E-state index contributed by atoms with van der Waals surface area (Å²) < 4.78 is 10.2. The van der Waals surface area contributed by atoms with Gasteiger partial charge in [0.15, 0.2) is 12.3 Å². The van der Waals surface area contributed by atoms with Gasteiger partial charge in [0.25, 0.3) is 5.91 Å². The number of ether oxygens (including phenoxy) is 2. The third-order valence-corrected chi connectivity index (χ3v) is 5.80. The van der Waals surface area contributed by atoms with E-state index in [0.29, 0.717) is 17.9 Å². The van der Waals surface area contributed by atoms with Crippen LogP contribution < -0.4 is 5.32 Å². The highest BCUT2D eigenvalue weighted by Gasteiger charge is 2.15. The Labute approximate surface area is 181 Å². The number of hydrogen-bond acceptors (Lipinski definition) is 8. The maximum absolute atomic E-state index is 12.1. The first kappa shape index (κ1) is 21.7. The van der Waals surface area contributed by atoms with Gasteiger partial charge in [0.1, 0.15) is 5.01 Å². The largest absolute Gasteiger partial charge is 0.462 e. The highest BCUT2D eigenvalue weighted by atomic mass is 32.1. The number of aromatic nitrogens is 1. The molecule has 0 fully saturated rings. The zero-order chi connectivity index (χ0) is 21.3. The van der Waals surface area contributed by atoms with Crippen LogP contribution in [0, 0.1) is 0 Å². The standard InChI is InChI=1S/C21H20N2O5S2/c1-2-3-10-27-20(25)14-6-8-15(9-7-14)22-18(24)12-28-21(26)16-13-30-19(23-16)17-5-4-11-29-17/h4-9,11,13H,2-3,10,12H2,1H3,(H,22,24). The zero-order valence-corrected chi connectivity index (χ0v) is 17.9. The average molecular weight is 445 g/mol. The van der Waals surface area contributed by atoms with Crippen LogP contribution in [-0.2, 0) is 14.3 Å². The molecule has 0 saturated carbocycles. The summed E-state index contributed by atoms with van der Waals surface area (Å²) in [6, 6.07) is 10.1. The molecular weight excluding hydrogens is 424 g/mol. The lowest BCUT2D eigenvalue weighted by Gasteiger charge is -2.07. The molecule has 1 aromatic carbocycles. The van der Waals surface area contributed by atoms with Crippen molar-refractivity contribution >= 4 is 46.2 Å². The highest BCUT2D eigenvalue weighted by Crippen LogP contribution is 2.27. The average Bonchev–Trinajstić information content (AvgIpc) is 3.44. The normalized spacial score (nSPS) is 10.4. The molecule has 0 atom stereocenters. The Morgan fingerprint density at radius 1 is 1.03 bits per heavy atom. The monoisotopic (exact) mass is 444 g/mol. The van der Waals surface area contributed by atoms with Gasteiger partial charge in [-0.2, -0.15) is 0 Å². The summed E-state index contributed by atoms with van der Waals surface area (Å²) in [5.41, 5.74) is 1.05. The molecule has 2 aromatic heterocycles. The van der Waals surface area contributed by atoms with Crippen LogP contribution in [-0.4, -0.2) is 36.0 Å². The second kappa shape index (κ2) is 10.7. The Morgan fingerprint density at radius 2 is 1.83 bits per heavy atom. The first-order chi connectivity index (χ1) is 14.6. The predicted octanol–water partition coefficient (Wildman–Crippen LogP) is 4.62. The molecule has 0 spiro atoms. The van der Waals surface area contributed by atoms with Gasteiger partial charge in [0.2, 0.25) is 0 Å². The molecule has 0 aliphatic heterocycles. The van der Waals surface area contributed by atoms with E-state index in [-0.39, 0.29) is 5.69 Å². The minimum Gasteiger partial charge on any atom is -0.462 e. The van der Waals surface area contributed by atoms with Crippen LogP contribution in [0.2, 0.25) is 0 Å². The number of nitrogens with one attached hydrogen (secondary N) is 1. The number of unbranched alkanes of at least 4 members (excludes halogenated alkanes) is 1. The van der Waals surface area contributed by atoms with Gasteiger partial charge >= 0.3 is 11.9 Å². The fourth-order valence-electron chi connectivity index (χ4n) is 2.37. The van der Waals surface area contributed by atoms with E-state index < -0.39 is 24.5 Å². The third kappa shape index (κ3) is 5.98. The summed E-state index contributed by atoms with van der Waals surface area (Å²) in [6.45, 7) is 1.96. The molecule has 7 nitrogen and oxygen atoms in total. The minimum atomic E-state index is -0.658. The second-order valence-corrected chi connectivity index (χ2v) is 8.01. The fourth-order valence-corrected chi connectivity index (χ4v) is 3.97. The van der Waals surface area contributed by atoms with E-state index in [1.807, 2.05) is 24.4 Å². The summed E-state index contributed by atoms with van der Waals surface area (Å²) in [4.78, 5) is 41.2. The molecule has 0 bridgehead atoms. The fraction of sp³-hybridized carbons (Fsp3) is 0.238. The number of nitrogens with zero attached hydrogens (tertiary/aromatic N) is 1. The van der Waals surface area contributed by atoms with Crippen LogP contribution in [0.4, 0.5) is 5.69 Å². The van der Waals surface area contributed by atoms with Gasteiger partial charge in [-0.25, -0.2) is 14.6 Å². The SMILES string of the molecule is CCCCOC(=O)c1ccc(NC(=O)COC(=O)c2csc(-c3cccs3)n2)cc1. The Morgan fingerprint density at radius 3 is 2.53 bits per heavy atom. The van der Waals surface area contributed by atoms with Gasteiger partial charge in [-0.1, -0.05) is 19.4 Å². The van der Waals surface area contributed by atoms with Crippen LogP contribution in [0.3, 0.4) is 0 Å². The van der Waals surface area contributed by atoms with Crippen LogP contribution in [0.15, 0.2) is 47.2 Å². The highest BCUT2D eigenvalue weighted by molar-refractivity contribution is 7.20. The number of carbonyl (C=O) groups is 3. The second-order valence-electron chi connectivity index (χ2n) is 6.21. The number of benzene rings is 1. The molecule has 1 N–H and O–H groups in total. The molecule has 0 aliphatic carbocycles. The topological polar surface area (TPSA) is 94.6 Å². The Bertz CT molecular complexity index is 997. The van der Waals surface area contributed by atoms with Gasteiger partial charge in [0.05, 0.1) is 17.0 Å². The molecule has 3 rings (SSSR count). The third-order valence-electron chi connectivity index (χ3n) is 3.92. The molecule has 3 aromatic rings. The molecule has 1 amide bonds. The van der Waals surface area contributed by atoms with Crippen LogP contribution in [0.25, 0.3) is 9.88 Å². The number of thiophene rings is 1. The maximum Gasteiger partial charge on any atom is 0.358 e. The van der Waals surface area contributed by atoms with E-state index in [1.165, 1.54) is 22.7 Å². The van der Waals surface area contributed by atoms with Crippen molar-refractivity contribution in [2.24, 2.45) is 0 Å². The maximum atomic E-state index is 12.1. The van der Waals surface area contributed by atoms with E-state index in [0.717, 1.165) is 22.7 Å². The molecule has 156 valence electrons. The quantitative estimate of drug-likeness (QED) is 0.382. The lowest BCUT2D eigenvalue weighted by molar-refractivity contribution is -0.119. The molecule has 2 heterocycles. The molecular formula is C21H20N2O5S2. The number of carbonyl (C=O) groups excluding carboxylic acids is 3. The predicted molar refractivity (Wildman–Crippen MR) is 116 cm³/mol. The van der Waals surface area contributed by atoms with Crippen molar-refractivity contribution in [1.29, 1.82) is 0 Å². The van der Waals surface area contributed by atoms with E-state index >= 15 is 0 Å². The molecule has 30 heavy (non-hydrogen) atoms. The summed E-state index contributed by atoms with van der Waals surface area (Å²) in [5.74, 6) is -1.55. The van der Waals surface area contributed by atoms with Crippen LogP contribution in [0.1, 0.15) is 40.6 Å². The summed E-state index contributed by atoms with van der Waals surface area (Å²) >= 11 is 2.87. The molecule has 0 saturated heterocycles. The molecule has 0 aliphatic rings. The number of hydrogen-bond donors (Lipinski definition) is 1. The smallest absolute Gasteiger partial charge is 0.358 e. The first-order valence-electron chi connectivity index (χ1n) is 9.30. The zero-order valence-electron chi connectivity index (χ0n) is 16.3. The number of thiazole rings is 1. The Kier molecular flexibility index (Phi) is 7.69. The molecule has 0 unspecified atom stereocenters. The number of esters is 2. The Balaban J connectivity index is 1.46. The lowest BCUT2D eigenvalue weighted by atomic mass is 10.2. The summed E-state index contributed by atoms with van der Waals surface area (Å²) in [5, 5.41) is 6.88. The van der Waals surface area contributed by atoms with E-state index in [2.05, 4.69) is 10.3 Å². The van der Waals surface area contributed by atoms with Gasteiger partial charge in [0, 0.05) is 11.1 Å². The summed E-state index contributed by atoms with van der Waals surface area (Å²) in [6.07, 6.45) is 1.76. The summed E-state index contributed by atoms with van der Waals surface area (Å²) in [7, 11) is 0. The first-order valence-corrected chi connectivity index (χ1v) is 11.1.